The number of hydrogen-bond donors (Lipinski definition) is 2. The Morgan fingerprint density at radius 2 is 2.18 bits per heavy atom. The summed E-state index contributed by atoms with van der Waals surface area (Å²) in [4.78, 5) is 4.01. The van der Waals surface area contributed by atoms with Crippen molar-refractivity contribution in [2.45, 2.75) is 52.0 Å². The molecule has 0 fully saturated rings. The maximum absolute atomic E-state index is 5.66. The van der Waals surface area contributed by atoms with Gasteiger partial charge in [0.15, 0.2) is 0 Å². The van der Waals surface area contributed by atoms with Crippen LogP contribution < -0.4 is 11.1 Å². The van der Waals surface area contributed by atoms with E-state index in [0.29, 0.717) is 11.9 Å². The molecule has 96 valence electrons. The predicted octanol–water partition coefficient (Wildman–Crippen LogP) is 2.76. The fourth-order valence-corrected chi connectivity index (χ4v) is 2.19. The topological polar surface area (TPSA) is 50.9 Å². The average Bonchev–Trinajstić information content (AvgIpc) is 2.30. The Bertz CT molecular complexity index is 306. The third-order valence-electron chi connectivity index (χ3n) is 2.99. The van der Waals surface area contributed by atoms with Gasteiger partial charge in [-0.15, -0.1) is 0 Å². The van der Waals surface area contributed by atoms with E-state index in [2.05, 4.69) is 30.2 Å². The number of hydrogen-bond acceptors (Lipinski definition) is 3. The summed E-state index contributed by atoms with van der Waals surface area (Å²) in [5, 5.41) is 3.54. The van der Waals surface area contributed by atoms with E-state index in [0.717, 1.165) is 13.0 Å². The maximum Gasteiger partial charge on any atom is 0.123 e. The quantitative estimate of drug-likeness (QED) is 0.728. The minimum absolute atomic E-state index is 0.624. The van der Waals surface area contributed by atoms with E-state index < -0.39 is 0 Å². The van der Waals surface area contributed by atoms with Crippen LogP contribution >= 0.6 is 0 Å². The van der Waals surface area contributed by atoms with E-state index >= 15 is 0 Å². The highest BCUT2D eigenvalue weighted by Crippen LogP contribution is 2.11. The fraction of sp³-hybridized carbons (Fsp3) is 0.643. The van der Waals surface area contributed by atoms with Crippen molar-refractivity contribution < 1.29 is 0 Å². The molecule has 0 aliphatic heterocycles. The van der Waals surface area contributed by atoms with Gasteiger partial charge in [0.05, 0.1) is 0 Å². The summed E-state index contributed by atoms with van der Waals surface area (Å²) >= 11 is 0. The van der Waals surface area contributed by atoms with Gasteiger partial charge >= 0.3 is 0 Å². The van der Waals surface area contributed by atoms with Crippen molar-refractivity contribution in [3.63, 3.8) is 0 Å². The van der Waals surface area contributed by atoms with Crippen LogP contribution in [0.2, 0.25) is 0 Å². The minimum Gasteiger partial charge on any atom is -0.384 e. The molecule has 0 bridgehead atoms. The molecule has 0 amide bonds. The molecular formula is C14H25N3. The summed E-state index contributed by atoms with van der Waals surface area (Å²) in [5.41, 5.74) is 6.96. The van der Waals surface area contributed by atoms with Crippen molar-refractivity contribution in [3.05, 3.63) is 23.9 Å². The van der Waals surface area contributed by atoms with Crippen LogP contribution in [0.1, 0.15) is 45.1 Å². The second kappa shape index (κ2) is 8.07. The molecule has 1 unspecified atom stereocenters. The van der Waals surface area contributed by atoms with Gasteiger partial charge in [-0.1, -0.05) is 20.3 Å². The predicted molar refractivity (Wildman–Crippen MR) is 74.0 cm³/mol. The molecule has 1 aromatic heterocycles. The number of aromatic nitrogens is 1. The zero-order valence-electron chi connectivity index (χ0n) is 11.1. The molecule has 3 heteroatoms. The molecule has 0 saturated carbocycles. The highest BCUT2D eigenvalue weighted by Gasteiger charge is 2.05. The van der Waals surface area contributed by atoms with Crippen molar-refractivity contribution in [3.8, 4) is 0 Å². The summed E-state index contributed by atoms with van der Waals surface area (Å²) in [6.07, 6.45) is 7.86. The second-order valence-electron chi connectivity index (χ2n) is 4.52. The van der Waals surface area contributed by atoms with Gasteiger partial charge in [-0.2, -0.15) is 0 Å². The molecule has 1 heterocycles. The summed E-state index contributed by atoms with van der Waals surface area (Å²) in [5.74, 6) is 0.624. The first-order valence-corrected chi connectivity index (χ1v) is 6.70. The zero-order valence-corrected chi connectivity index (χ0v) is 11.1. The summed E-state index contributed by atoms with van der Waals surface area (Å²) < 4.78 is 0. The van der Waals surface area contributed by atoms with Gasteiger partial charge in [0, 0.05) is 12.2 Å². The average molecular weight is 235 g/mol. The second-order valence-corrected chi connectivity index (χ2v) is 4.52. The molecule has 0 aliphatic rings. The standard InChI is InChI=1S/C14H25N3/c1-3-6-13(16-4-2)8-5-7-12-9-10-17-14(15)11-12/h9-11,13,16H,3-8H2,1-2H3,(H2,15,17). The van der Waals surface area contributed by atoms with Crippen LogP contribution in [-0.4, -0.2) is 17.6 Å². The van der Waals surface area contributed by atoms with E-state index in [-0.39, 0.29) is 0 Å². The lowest BCUT2D eigenvalue weighted by Gasteiger charge is -2.16. The molecule has 1 atom stereocenters. The smallest absolute Gasteiger partial charge is 0.123 e. The molecule has 17 heavy (non-hydrogen) atoms. The number of nitrogens with two attached hydrogens (primary N) is 1. The number of nitrogens with one attached hydrogen (secondary N) is 1. The summed E-state index contributed by atoms with van der Waals surface area (Å²) in [6, 6.07) is 4.70. The number of nitrogen functional groups attached to an aromatic ring is 1. The molecule has 0 radical (unpaired) electrons. The van der Waals surface area contributed by atoms with E-state index in [1.165, 1.54) is 31.2 Å². The van der Waals surface area contributed by atoms with Crippen LogP contribution in [0.4, 0.5) is 5.82 Å². The van der Waals surface area contributed by atoms with Crippen LogP contribution in [0.15, 0.2) is 18.3 Å². The Hall–Kier alpha value is -1.09. The van der Waals surface area contributed by atoms with Crippen molar-refractivity contribution in [1.29, 1.82) is 0 Å². The fourth-order valence-electron chi connectivity index (χ4n) is 2.19. The van der Waals surface area contributed by atoms with Gasteiger partial charge in [-0.3, -0.25) is 0 Å². The Kier molecular flexibility index (Phi) is 6.63. The summed E-state index contributed by atoms with van der Waals surface area (Å²) in [6.45, 7) is 5.48. The Balaban J connectivity index is 2.30. The van der Waals surface area contributed by atoms with Gasteiger partial charge in [0.25, 0.3) is 0 Å². The van der Waals surface area contributed by atoms with Crippen LogP contribution in [0.5, 0.6) is 0 Å². The third-order valence-corrected chi connectivity index (χ3v) is 2.99. The largest absolute Gasteiger partial charge is 0.384 e. The lowest BCUT2D eigenvalue weighted by molar-refractivity contribution is 0.447. The van der Waals surface area contributed by atoms with Gasteiger partial charge in [-0.05, 0) is 49.9 Å². The molecule has 0 saturated heterocycles. The highest BCUT2D eigenvalue weighted by atomic mass is 14.9. The zero-order chi connectivity index (χ0) is 12.5. The van der Waals surface area contributed by atoms with Gasteiger partial charge < -0.3 is 11.1 Å². The number of anilines is 1. The van der Waals surface area contributed by atoms with Crippen LogP contribution in [0.25, 0.3) is 0 Å². The van der Waals surface area contributed by atoms with E-state index in [4.69, 9.17) is 5.73 Å². The third kappa shape index (κ3) is 5.68. The van der Waals surface area contributed by atoms with Crippen LogP contribution in [0, 0.1) is 0 Å². The first kappa shape index (κ1) is 14.0. The molecule has 0 aliphatic carbocycles. The molecule has 3 N–H and O–H groups in total. The molecule has 0 spiro atoms. The van der Waals surface area contributed by atoms with Gasteiger partial charge in [-0.25, -0.2) is 4.98 Å². The number of rotatable bonds is 8. The Morgan fingerprint density at radius 3 is 2.82 bits per heavy atom. The first-order chi connectivity index (χ1) is 8.26. The number of pyridine rings is 1. The highest BCUT2D eigenvalue weighted by molar-refractivity contribution is 5.31. The monoisotopic (exact) mass is 235 g/mol. The Labute approximate surface area is 105 Å². The SMILES string of the molecule is CCCC(CCCc1ccnc(N)c1)NCC. The van der Waals surface area contributed by atoms with E-state index in [1.807, 2.05) is 6.07 Å². The van der Waals surface area contributed by atoms with E-state index in [9.17, 15) is 0 Å². The molecule has 1 rings (SSSR count). The van der Waals surface area contributed by atoms with Crippen LogP contribution in [-0.2, 0) is 6.42 Å². The Morgan fingerprint density at radius 1 is 1.35 bits per heavy atom. The van der Waals surface area contributed by atoms with Crippen LogP contribution in [0.3, 0.4) is 0 Å². The molecule has 1 aromatic rings. The van der Waals surface area contributed by atoms with Crippen molar-refractivity contribution >= 4 is 5.82 Å². The van der Waals surface area contributed by atoms with Crippen molar-refractivity contribution in [2.75, 3.05) is 12.3 Å². The van der Waals surface area contributed by atoms with Gasteiger partial charge in [0.2, 0.25) is 0 Å². The van der Waals surface area contributed by atoms with Crippen molar-refractivity contribution in [2.24, 2.45) is 0 Å². The minimum atomic E-state index is 0.624. The number of nitrogens with zero attached hydrogens (tertiary/aromatic N) is 1. The molecule has 0 aromatic carbocycles. The first-order valence-electron chi connectivity index (χ1n) is 6.70. The molecule has 3 nitrogen and oxygen atoms in total. The van der Waals surface area contributed by atoms with E-state index in [1.54, 1.807) is 6.20 Å². The van der Waals surface area contributed by atoms with Crippen molar-refractivity contribution in [1.82, 2.24) is 10.3 Å². The maximum atomic E-state index is 5.66. The lowest BCUT2D eigenvalue weighted by Crippen LogP contribution is -2.28. The normalized spacial score (nSPS) is 12.6. The lowest BCUT2D eigenvalue weighted by atomic mass is 10.0. The molecular weight excluding hydrogens is 210 g/mol. The van der Waals surface area contributed by atoms with Gasteiger partial charge in [0.1, 0.15) is 5.82 Å². The number of aryl methyl sites for hydroxylation is 1. The summed E-state index contributed by atoms with van der Waals surface area (Å²) in [7, 11) is 0.